The highest BCUT2D eigenvalue weighted by Crippen LogP contribution is 2.50. The van der Waals surface area contributed by atoms with Gasteiger partial charge < -0.3 is 9.80 Å². The number of piperidine rings is 2. The van der Waals surface area contributed by atoms with Gasteiger partial charge in [0, 0.05) is 55.8 Å². The molecule has 4 aromatic carbocycles. The van der Waals surface area contributed by atoms with Gasteiger partial charge in [-0.2, -0.15) is 0 Å². The third-order valence-electron chi connectivity index (χ3n) is 13.0. The van der Waals surface area contributed by atoms with Gasteiger partial charge in [0.05, 0.1) is 12.1 Å². The molecule has 2 saturated heterocycles. The summed E-state index contributed by atoms with van der Waals surface area (Å²) in [5.74, 6) is 2.41. The fraction of sp³-hybridized carbons (Fsp3) is 0.458. The molecular weight excluding hydrogens is 778 g/mol. The molecule has 2 heterocycles. The summed E-state index contributed by atoms with van der Waals surface area (Å²) in [6, 6.07) is 33.0. The van der Waals surface area contributed by atoms with E-state index in [1.165, 1.54) is 24.0 Å². The molecule has 10 atom stereocenters. The smallest absolute Gasteiger partial charge is 0.226 e. The third kappa shape index (κ3) is 9.00. The van der Waals surface area contributed by atoms with Crippen LogP contribution in [0.1, 0.15) is 125 Å². The van der Waals surface area contributed by atoms with Crippen molar-refractivity contribution in [3.05, 3.63) is 139 Å². The molecule has 4 aliphatic rings. The molecule has 4 aromatic rings. The first-order valence-electron chi connectivity index (χ1n) is 20.5. The molecule has 2 aliphatic carbocycles. The van der Waals surface area contributed by atoms with E-state index in [1.807, 2.05) is 48.5 Å². The quantitative estimate of drug-likeness (QED) is 0.194. The summed E-state index contributed by atoms with van der Waals surface area (Å²) in [7, 11) is 0. The summed E-state index contributed by atoms with van der Waals surface area (Å²) in [4.78, 5) is 31.2. The van der Waals surface area contributed by atoms with E-state index < -0.39 is 0 Å². The second kappa shape index (κ2) is 17.9. The summed E-state index contributed by atoms with van der Waals surface area (Å²) in [5.41, 5.74) is 4.74. The standard InChI is InChI=1S/2C24H27Cl2NO/c2*1-15-6-11-21(12-15)27-23(17-7-9-19(25)10-8-17)22(13-16(2)24(27)28)18-4-3-5-20(26)14-18/h2*3-5,7-10,14-16,21-23H,6,11-13H2,1-2H3/t15-,16?,21?,22+,23+;15-,16?,21?,22-,23-/m01/s1. The van der Waals surface area contributed by atoms with Crippen LogP contribution in [0.15, 0.2) is 97.1 Å². The molecule has 8 heteroatoms. The van der Waals surface area contributed by atoms with Gasteiger partial charge in [-0.25, -0.2) is 0 Å². The van der Waals surface area contributed by atoms with Crippen LogP contribution in [0.3, 0.4) is 0 Å². The zero-order valence-electron chi connectivity index (χ0n) is 32.9. The predicted molar refractivity (Wildman–Crippen MR) is 232 cm³/mol. The predicted octanol–water partition coefficient (Wildman–Crippen LogP) is 13.8. The second-order valence-corrected chi connectivity index (χ2v) is 19.0. The van der Waals surface area contributed by atoms with E-state index >= 15 is 0 Å². The number of nitrogens with zero attached hydrogens (tertiary/aromatic N) is 2. The van der Waals surface area contributed by atoms with E-state index in [9.17, 15) is 9.59 Å². The molecular formula is C48H54Cl4N2O2. The first kappa shape index (κ1) is 41.2. The maximum Gasteiger partial charge on any atom is 0.226 e. The highest BCUT2D eigenvalue weighted by atomic mass is 35.5. The van der Waals surface area contributed by atoms with Crippen molar-refractivity contribution >= 4 is 58.2 Å². The van der Waals surface area contributed by atoms with Crippen molar-refractivity contribution in [3.8, 4) is 0 Å². The number of hydrogen-bond donors (Lipinski definition) is 0. The molecule has 4 unspecified atom stereocenters. The lowest BCUT2D eigenvalue weighted by atomic mass is 9.75. The van der Waals surface area contributed by atoms with Gasteiger partial charge in [0.1, 0.15) is 0 Å². The minimum absolute atomic E-state index is 0.0171. The van der Waals surface area contributed by atoms with Crippen LogP contribution in [0, 0.1) is 23.7 Å². The van der Waals surface area contributed by atoms with Gasteiger partial charge in [-0.15, -0.1) is 0 Å². The van der Waals surface area contributed by atoms with Crippen molar-refractivity contribution in [2.75, 3.05) is 0 Å². The van der Waals surface area contributed by atoms with E-state index in [0.717, 1.165) is 69.7 Å². The first-order chi connectivity index (χ1) is 26.9. The van der Waals surface area contributed by atoms with E-state index in [0.29, 0.717) is 23.9 Å². The highest BCUT2D eigenvalue weighted by molar-refractivity contribution is 6.31. The zero-order chi connectivity index (χ0) is 39.7. The van der Waals surface area contributed by atoms with Crippen molar-refractivity contribution < 1.29 is 9.59 Å². The van der Waals surface area contributed by atoms with Gasteiger partial charge in [-0.05, 0) is 134 Å². The lowest BCUT2D eigenvalue weighted by Gasteiger charge is -2.47. The van der Waals surface area contributed by atoms with Gasteiger partial charge >= 0.3 is 0 Å². The Kier molecular flexibility index (Phi) is 13.1. The maximum absolute atomic E-state index is 13.4. The lowest BCUT2D eigenvalue weighted by Crippen LogP contribution is -2.50. The average Bonchev–Trinajstić information content (AvgIpc) is 3.81. The van der Waals surface area contributed by atoms with Gasteiger partial charge in [-0.1, -0.05) is 123 Å². The first-order valence-corrected chi connectivity index (χ1v) is 22.0. The van der Waals surface area contributed by atoms with Crippen molar-refractivity contribution in [2.24, 2.45) is 23.7 Å². The van der Waals surface area contributed by atoms with Crippen LogP contribution in [-0.4, -0.2) is 33.7 Å². The van der Waals surface area contributed by atoms with Crippen LogP contribution in [-0.2, 0) is 9.59 Å². The monoisotopic (exact) mass is 830 g/mol. The molecule has 4 nitrogen and oxygen atoms in total. The maximum atomic E-state index is 13.4. The molecule has 2 amide bonds. The van der Waals surface area contributed by atoms with Crippen LogP contribution >= 0.6 is 46.4 Å². The zero-order valence-corrected chi connectivity index (χ0v) is 35.9. The van der Waals surface area contributed by atoms with E-state index in [-0.39, 0.29) is 47.6 Å². The topological polar surface area (TPSA) is 40.6 Å². The SMILES string of the molecule is CC1C[C@H](c2cccc(Cl)c2)[C@@H](c2ccc(Cl)cc2)N(C2CC[C@@H](C)C2)C1=O.CC1C[C@H](c2cccc(Cl)c2)[C@@H](c2ccc(Cl)cc2)N(C2CC[C@H](C)C2)C1=O. The Morgan fingerprint density at radius 2 is 0.821 bits per heavy atom. The molecule has 4 fully saturated rings. The van der Waals surface area contributed by atoms with Crippen molar-refractivity contribution in [1.82, 2.24) is 9.80 Å². The van der Waals surface area contributed by atoms with E-state index in [1.54, 1.807) is 0 Å². The van der Waals surface area contributed by atoms with Crippen molar-refractivity contribution in [1.29, 1.82) is 0 Å². The average molecular weight is 833 g/mol. The largest absolute Gasteiger partial charge is 0.332 e. The normalized spacial score (nSPS) is 30.6. The van der Waals surface area contributed by atoms with Gasteiger partial charge in [0.2, 0.25) is 11.8 Å². The molecule has 296 valence electrons. The molecule has 0 spiro atoms. The summed E-state index contributed by atoms with van der Waals surface area (Å²) < 4.78 is 0. The highest BCUT2D eigenvalue weighted by Gasteiger charge is 2.47. The van der Waals surface area contributed by atoms with E-state index in [4.69, 9.17) is 46.4 Å². The molecule has 0 bridgehead atoms. The Morgan fingerprint density at radius 1 is 0.446 bits per heavy atom. The van der Waals surface area contributed by atoms with Gasteiger partial charge in [0.15, 0.2) is 0 Å². The Labute approximate surface area is 353 Å². The minimum atomic E-state index is 0.0171. The lowest BCUT2D eigenvalue weighted by molar-refractivity contribution is -0.146. The van der Waals surface area contributed by atoms with E-state index in [2.05, 4.69) is 86.0 Å². The van der Waals surface area contributed by atoms with Gasteiger partial charge in [-0.3, -0.25) is 9.59 Å². The fourth-order valence-electron chi connectivity index (χ4n) is 10.3. The number of halogens is 4. The van der Waals surface area contributed by atoms with Gasteiger partial charge in [0.25, 0.3) is 0 Å². The molecule has 8 rings (SSSR count). The fourth-order valence-corrected chi connectivity index (χ4v) is 10.9. The molecule has 0 radical (unpaired) electrons. The third-order valence-corrected chi connectivity index (χ3v) is 14.0. The molecule has 2 aliphatic heterocycles. The number of carbonyl (C=O) groups excluding carboxylic acids is 2. The Balaban J connectivity index is 0.000000172. The minimum Gasteiger partial charge on any atom is -0.332 e. The number of likely N-dealkylation sites (tertiary alicyclic amines) is 2. The Bertz CT molecular complexity index is 1840. The number of hydrogen-bond acceptors (Lipinski definition) is 2. The molecule has 56 heavy (non-hydrogen) atoms. The molecule has 0 N–H and O–H groups in total. The number of carbonyl (C=O) groups is 2. The summed E-state index contributed by atoms with van der Waals surface area (Å²) in [6.45, 7) is 8.74. The Hall–Kier alpha value is -3.02. The van der Waals surface area contributed by atoms with Crippen LogP contribution in [0.4, 0.5) is 0 Å². The number of amides is 2. The number of rotatable bonds is 6. The Morgan fingerprint density at radius 3 is 1.14 bits per heavy atom. The summed E-state index contributed by atoms with van der Waals surface area (Å²) in [6.07, 6.45) is 8.42. The second-order valence-electron chi connectivity index (χ2n) is 17.2. The summed E-state index contributed by atoms with van der Waals surface area (Å²) >= 11 is 25.0. The van der Waals surface area contributed by atoms with Crippen LogP contribution in [0.25, 0.3) is 0 Å². The van der Waals surface area contributed by atoms with Crippen LogP contribution in [0.2, 0.25) is 20.1 Å². The van der Waals surface area contributed by atoms with Crippen molar-refractivity contribution in [2.45, 2.75) is 115 Å². The summed E-state index contributed by atoms with van der Waals surface area (Å²) in [5, 5.41) is 2.94. The number of benzene rings is 4. The van der Waals surface area contributed by atoms with Crippen LogP contribution in [0.5, 0.6) is 0 Å². The molecule has 2 saturated carbocycles. The molecule has 0 aromatic heterocycles. The van der Waals surface area contributed by atoms with Crippen molar-refractivity contribution in [3.63, 3.8) is 0 Å². The van der Waals surface area contributed by atoms with Crippen LogP contribution < -0.4 is 0 Å².